The molecule has 0 saturated carbocycles. The van der Waals surface area contributed by atoms with Gasteiger partial charge in [-0.1, -0.05) is 24.3 Å². The third-order valence-corrected chi connectivity index (χ3v) is 6.42. The number of methoxy groups -OCH3 is 2. The predicted octanol–water partition coefficient (Wildman–Crippen LogP) is 2.76. The first-order valence-corrected chi connectivity index (χ1v) is 11.4. The summed E-state index contributed by atoms with van der Waals surface area (Å²) in [6.45, 7) is 8.64. The number of nitrogens with zero attached hydrogens (tertiary/aromatic N) is 4. The zero-order valence-corrected chi connectivity index (χ0v) is 19.2. The molecule has 2 aromatic rings. The Morgan fingerprint density at radius 2 is 0.969 bits per heavy atom. The van der Waals surface area contributed by atoms with Crippen molar-refractivity contribution < 1.29 is 14.3 Å². The number of rotatable bonds is 6. The summed E-state index contributed by atoms with van der Waals surface area (Å²) in [4.78, 5) is 21.9. The number of hydrogen-bond acceptors (Lipinski definition) is 5. The molecule has 7 nitrogen and oxygen atoms in total. The molecule has 0 aromatic heterocycles. The van der Waals surface area contributed by atoms with Crippen LogP contribution in [0, 0.1) is 0 Å². The Kier molecular flexibility index (Phi) is 7.50. The minimum absolute atomic E-state index is 0.193. The normalized spacial score (nSPS) is 17.9. The Labute approximate surface area is 191 Å². The van der Waals surface area contributed by atoms with Crippen LogP contribution in [0.4, 0.5) is 4.79 Å². The van der Waals surface area contributed by atoms with E-state index in [2.05, 4.69) is 34.1 Å². The molecule has 0 N–H and O–H groups in total. The van der Waals surface area contributed by atoms with Crippen LogP contribution in [0.1, 0.15) is 11.1 Å². The Hall–Kier alpha value is -2.77. The van der Waals surface area contributed by atoms with E-state index in [0.29, 0.717) is 0 Å². The van der Waals surface area contributed by atoms with Crippen LogP contribution in [-0.4, -0.2) is 92.2 Å². The number of hydrogen-bond donors (Lipinski definition) is 0. The van der Waals surface area contributed by atoms with Gasteiger partial charge in [0.1, 0.15) is 11.5 Å². The summed E-state index contributed by atoms with van der Waals surface area (Å²) in [5.41, 5.74) is 2.55. The maximum atomic E-state index is 13.0. The molecular weight excluding hydrogens is 404 g/mol. The minimum Gasteiger partial charge on any atom is -0.497 e. The van der Waals surface area contributed by atoms with Crippen molar-refractivity contribution >= 4 is 6.03 Å². The van der Waals surface area contributed by atoms with Crippen molar-refractivity contribution in [3.8, 4) is 11.5 Å². The van der Waals surface area contributed by atoms with Gasteiger partial charge in [0.15, 0.2) is 0 Å². The van der Waals surface area contributed by atoms with E-state index < -0.39 is 0 Å². The highest BCUT2D eigenvalue weighted by atomic mass is 16.5. The van der Waals surface area contributed by atoms with Crippen LogP contribution in [0.15, 0.2) is 48.5 Å². The maximum absolute atomic E-state index is 13.0. The van der Waals surface area contributed by atoms with E-state index in [1.54, 1.807) is 14.2 Å². The van der Waals surface area contributed by atoms with E-state index in [1.807, 2.05) is 34.1 Å². The first-order chi connectivity index (χ1) is 15.6. The van der Waals surface area contributed by atoms with Crippen molar-refractivity contribution in [2.75, 3.05) is 66.6 Å². The second-order valence-electron chi connectivity index (χ2n) is 8.51. The molecule has 2 fully saturated rings. The molecule has 4 rings (SSSR count). The van der Waals surface area contributed by atoms with Gasteiger partial charge < -0.3 is 19.3 Å². The third kappa shape index (κ3) is 5.72. The molecule has 0 atom stereocenters. The highest BCUT2D eigenvalue weighted by Gasteiger charge is 2.27. The molecule has 0 aliphatic carbocycles. The lowest BCUT2D eigenvalue weighted by Gasteiger charge is -2.40. The van der Waals surface area contributed by atoms with Gasteiger partial charge in [0.25, 0.3) is 0 Å². The molecule has 172 valence electrons. The molecule has 2 heterocycles. The topological polar surface area (TPSA) is 48.5 Å². The van der Waals surface area contributed by atoms with Crippen molar-refractivity contribution in [1.29, 1.82) is 0 Å². The quantitative estimate of drug-likeness (QED) is 0.694. The number of piperazine rings is 2. The lowest BCUT2D eigenvalue weighted by atomic mass is 10.2. The van der Waals surface area contributed by atoms with E-state index in [4.69, 9.17) is 9.47 Å². The van der Waals surface area contributed by atoms with Crippen molar-refractivity contribution in [2.24, 2.45) is 0 Å². The SMILES string of the molecule is COc1ccc(CN2CCN(C(=O)N3CCN(Cc4ccc(OC)cc4)CC3)CC2)cc1. The van der Waals surface area contributed by atoms with E-state index in [9.17, 15) is 4.79 Å². The molecule has 2 amide bonds. The van der Waals surface area contributed by atoms with E-state index in [1.165, 1.54) is 11.1 Å². The van der Waals surface area contributed by atoms with Gasteiger partial charge in [-0.15, -0.1) is 0 Å². The van der Waals surface area contributed by atoms with Gasteiger partial charge in [-0.25, -0.2) is 4.79 Å². The molecule has 32 heavy (non-hydrogen) atoms. The van der Waals surface area contributed by atoms with E-state index in [0.717, 1.165) is 76.9 Å². The standard InChI is InChI=1S/C25H34N4O3/c1-31-23-7-3-21(4-8-23)19-26-11-15-28(16-12-26)25(30)29-17-13-27(14-18-29)20-22-5-9-24(32-2)10-6-22/h3-10H,11-20H2,1-2H3. The van der Waals surface area contributed by atoms with Crippen molar-refractivity contribution in [3.05, 3.63) is 59.7 Å². The number of carbonyl (C=O) groups excluding carboxylic acids is 1. The van der Waals surface area contributed by atoms with E-state index >= 15 is 0 Å². The molecule has 0 radical (unpaired) electrons. The van der Waals surface area contributed by atoms with Crippen LogP contribution in [0.5, 0.6) is 11.5 Å². The number of amides is 2. The van der Waals surface area contributed by atoms with Gasteiger partial charge in [-0.3, -0.25) is 9.80 Å². The summed E-state index contributed by atoms with van der Waals surface area (Å²) in [5, 5.41) is 0. The van der Waals surface area contributed by atoms with Gasteiger partial charge in [0, 0.05) is 65.4 Å². The fraction of sp³-hybridized carbons (Fsp3) is 0.480. The van der Waals surface area contributed by atoms with Gasteiger partial charge in [0.05, 0.1) is 14.2 Å². The molecular formula is C25H34N4O3. The van der Waals surface area contributed by atoms with Crippen molar-refractivity contribution in [3.63, 3.8) is 0 Å². The molecule has 2 aliphatic rings. The summed E-state index contributed by atoms with van der Waals surface area (Å²) in [6, 6.07) is 16.7. The zero-order chi connectivity index (χ0) is 22.3. The second kappa shape index (κ2) is 10.7. The monoisotopic (exact) mass is 438 g/mol. The van der Waals surface area contributed by atoms with Crippen LogP contribution in [0.25, 0.3) is 0 Å². The molecule has 0 unspecified atom stereocenters. The molecule has 2 saturated heterocycles. The summed E-state index contributed by atoms with van der Waals surface area (Å²) < 4.78 is 10.5. The highest BCUT2D eigenvalue weighted by Crippen LogP contribution is 2.17. The third-order valence-electron chi connectivity index (χ3n) is 6.42. The Morgan fingerprint density at radius 3 is 1.28 bits per heavy atom. The molecule has 0 bridgehead atoms. The summed E-state index contributed by atoms with van der Waals surface area (Å²) in [7, 11) is 3.37. The average Bonchev–Trinajstić information content (AvgIpc) is 2.85. The van der Waals surface area contributed by atoms with Crippen LogP contribution >= 0.6 is 0 Å². The Morgan fingerprint density at radius 1 is 0.625 bits per heavy atom. The van der Waals surface area contributed by atoms with Gasteiger partial charge in [0.2, 0.25) is 0 Å². The lowest BCUT2D eigenvalue weighted by Crippen LogP contribution is -2.56. The van der Waals surface area contributed by atoms with Crippen molar-refractivity contribution in [2.45, 2.75) is 13.1 Å². The predicted molar refractivity (Wildman–Crippen MR) is 125 cm³/mol. The fourth-order valence-corrected chi connectivity index (χ4v) is 4.37. The van der Waals surface area contributed by atoms with Crippen LogP contribution in [0.3, 0.4) is 0 Å². The number of ether oxygens (including phenoxy) is 2. The summed E-state index contributed by atoms with van der Waals surface area (Å²) in [5.74, 6) is 1.77. The highest BCUT2D eigenvalue weighted by molar-refractivity contribution is 5.74. The first-order valence-electron chi connectivity index (χ1n) is 11.4. The smallest absolute Gasteiger partial charge is 0.320 e. The minimum atomic E-state index is 0.193. The number of benzene rings is 2. The van der Waals surface area contributed by atoms with Crippen LogP contribution in [0.2, 0.25) is 0 Å². The largest absolute Gasteiger partial charge is 0.497 e. The molecule has 2 aliphatic heterocycles. The number of carbonyl (C=O) groups is 1. The molecule has 0 spiro atoms. The average molecular weight is 439 g/mol. The second-order valence-corrected chi connectivity index (χ2v) is 8.51. The fourth-order valence-electron chi connectivity index (χ4n) is 4.37. The Balaban J connectivity index is 1.19. The van der Waals surface area contributed by atoms with Crippen molar-refractivity contribution in [1.82, 2.24) is 19.6 Å². The van der Waals surface area contributed by atoms with Gasteiger partial charge in [-0.05, 0) is 35.4 Å². The van der Waals surface area contributed by atoms with Crippen LogP contribution < -0.4 is 9.47 Å². The van der Waals surface area contributed by atoms with Gasteiger partial charge >= 0.3 is 6.03 Å². The maximum Gasteiger partial charge on any atom is 0.320 e. The zero-order valence-electron chi connectivity index (χ0n) is 19.2. The summed E-state index contributed by atoms with van der Waals surface area (Å²) >= 11 is 0. The molecule has 2 aromatic carbocycles. The van der Waals surface area contributed by atoms with E-state index in [-0.39, 0.29) is 6.03 Å². The Bertz CT molecular complexity index is 784. The summed E-state index contributed by atoms with van der Waals surface area (Å²) in [6.07, 6.45) is 0. The van der Waals surface area contributed by atoms with Crippen LogP contribution in [-0.2, 0) is 13.1 Å². The van der Waals surface area contributed by atoms with Gasteiger partial charge in [-0.2, -0.15) is 0 Å². The lowest BCUT2D eigenvalue weighted by molar-refractivity contribution is 0.0870. The first kappa shape index (κ1) is 22.4. The number of urea groups is 1. The molecule has 7 heteroatoms.